The molecule has 0 spiro atoms. The number of benzene rings is 1. The number of thiophene rings is 1. The van der Waals surface area contributed by atoms with Crippen LogP contribution in [0.5, 0.6) is 0 Å². The zero-order chi connectivity index (χ0) is 15.2. The predicted molar refractivity (Wildman–Crippen MR) is 88.6 cm³/mol. The molecule has 0 radical (unpaired) electrons. The van der Waals surface area contributed by atoms with E-state index in [0.29, 0.717) is 11.6 Å². The molecule has 2 N–H and O–H groups in total. The van der Waals surface area contributed by atoms with Gasteiger partial charge in [0.1, 0.15) is 0 Å². The fourth-order valence-corrected chi connectivity index (χ4v) is 2.81. The molecule has 2 aromatic rings. The lowest BCUT2D eigenvalue weighted by Gasteiger charge is -2.20. The maximum absolute atomic E-state index is 12.1. The van der Waals surface area contributed by atoms with Crippen molar-refractivity contribution in [2.45, 2.75) is 32.5 Å². The summed E-state index contributed by atoms with van der Waals surface area (Å²) < 4.78 is 0. The van der Waals surface area contributed by atoms with Gasteiger partial charge >= 0.3 is 0 Å². The summed E-state index contributed by atoms with van der Waals surface area (Å²) in [6.07, 6.45) is 0. The first-order valence-corrected chi connectivity index (χ1v) is 8.13. The van der Waals surface area contributed by atoms with Crippen LogP contribution in [0.25, 0.3) is 0 Å². The molecule has 1 heterocycles. The topological polar surface area (TPSA) is 41.1 Å². The molecular weight excluding hydrogens is 304 g/mol. The Hall–Kier alpha value is -1.36. The largest absolute Gasteiger partial charge is 0.350 e. The summed E-state index contributed by atoms with van der Waals surface area (Å²) in [6, 6.07) is 11.5. The number of carbonyl (C=O) groups excluding carboxylic acids is 1. The van der Waals surface area contributed by atoms with Gasteiger partial charge in [0.25, 0.3) is 0 Å². The zero-order valence-electron chi connectivity index (χ0n) is 12.1. The lowest BCUT2D eigenvalue weighted by molar-refractivity contribution is -0.123. The Kier molecular flexibility index (Phi) is 5.79. The van der Waals surface area contributed by atoms with Crippen molar-refractivity contribution in [1.29, 1.82) is 0 Å². The molecule has 2 atom stereocenters. The molecule has 5 heteroatoms. The minimum Gasteiger partial charge on any atom is -0.350 e. The molecule has 0 fully saturated rings. The number of halogens is 1. The van der Waals surface area contributed by atoms with Gasteiger partial charge in [0.2, 0.25) is 5.91 Å². The fraction of sp³-hybridized carbons (Fsp3) is 0.312. The van der Waals surface area contributed by atoms with E-state index < -0.39 is 0 Å². The van der Waals surface area contributed by atoms with Crippen molar-refractivity contribution in [2.24, 2.45) is 0 Å². The second-order valence-electron chi connectivity index (χ2n) is 4.96. The van der Waals surface area contributed by atoms with E-state index >= 15 is 0 Å². The second-order valence-corrected chi connectivity index (χ2v) is 6.43. The maximum Gasteiger partial charge on any atom is 0.237 e. The molecule has 0 unspecified atom stereocenters. The van der Waals surface area contributed by atoms with Gasteiger partial charge in [-0.1, -0.05) is 29.8 Å². The van der Waals surface area contributed by atoms with E-state index in [1.165, 1.54) is 0 Å². The van der Waals surface area contributed by atoms with E-state index in [-0.39, 0.29) is 18.0 Å². The highest BCUT2D eigenvalue weighted by atomic mass is 35.5. The molecule has 0 aliphatic rings. The average Bonchev–Trinajstić information content (AvgIpc) is 2.98. The Labute approximate surface area is 134 Å². The Morgan fingerprint density at radius 1 is 1.24 bits per heavy atom. The summed E-state index contributed by atoms with van der Waals surface area (Å²) >= 11 is 7.52. The number of nitrogens with one attached hydrogen (secondary N) is 2. The lowest BCUT2D eigenvalue weighted by Crippen LogP contribution is -2.42. The van der Waals surface area contributed by atoms with Crippen LogP contribution in [0.1, 0.15) is 30.3 Å². The van der Waals surface area contributed by atoms with Crippen molar-refractivity contribution in [3.63, 3.8) is 0 Å². The Balaban J connectivity index is 1.83. The van der Waals surface area contributed by atoms with Crippen molar-refractivity contribution >= 4 is 28.8 Å². The van der Waals surface area contributed by atoms with Crippen LogP contribution in [-0.2, 0) is 11.3 Å². The quantitative estimate of drug-likeness (QED) is 0.850. The summed E-state index contributed by atoms with van der Waals surface area (Å²) in [5.74, 6) is 0.00390. The van der Waals surface area contributed by atoms with E-state index in [9.17, 15) is 4.79 Å². The first-order chi connectivity index (χ1) is 10.1. The second kappa shape index (κ2) is 7.59. The fourth-order valence-electron chi connectivity index (χ4n) is 2.04. The smallest absolute Gasteiger partial charge is 0.237 e. The highest BCUT2D eigenvalue weighted by Crippen LogP contribution is 2.16. The number of amides is 1. The first kappa shape index (κ1) is 16.0. The number of hydrogen-bond donors (Lipinski definition) is 2. The SMILES string of the molecule is C[C@H](N[C@H](C)c1ccc(Cl)cc1)C(=O)NCc1cccs1. The van der Waals surface area contributed by atoms with Gasteiger partial charge in [-0.3, -0.25) is 10.1 Å². The van der Waals surface area contributed by atoms with Crippen LogP contribution in [0, 0.1) is 0 Å². The van der Waals surface area contributed by atoms with Crippen LogP contribution >= 0.6 is 22.9 Å². The number of rotatable bonds is 6. The Morgan fingerprint density at radius 3 is 2.57 bits per heavy atom. The molecule has 0 saturated heterocycles. The van der Waals surface area contributed by atoms with E-state index in [2.05, 4.69) is 10.6 Å². The monoisotopic (exact) mass is 322 g/mol. The molecule has 1 aromatic heterocycles. The van der Waals surface area contributed by atoms with Gasteiger partial charge in [-0.2, -0.15) is 0 Å². The molecule has 1 aromatic carbocycles. The molecule has 3 nitrogen and oxygen atoms in total. The lowest BCUT2D eigenvalue weighted by atomic mass is 10.1. The van der Waals surface area contributed by atoms with E-state index in [1.807, 2.05) is 55.6 Å². The van der Waals surface area contributed by atoms with Crippen LogP contribution < -0.4 is 10.6 Å². The first-order valence-electron chi connectivity index (χ1n) is 6.88. The van der Waals surface area contributed by atoms with Gasteiger partial charge in [0.05, 0.1) is 12.6 Å². The van der Waals surface area contributed by atoms with Crippen LogP contribution in [0.2, 0.25) is 5.02 Å². The van der Waals surface area contributed by atoms with Gasteiger partial charge in [-0.05, 0) is 43.0 Å². The van der Waals surface area contributed by atoms with Crippen LogP contribution in [0.15, 0.2) is 41.8 Å². The normalized spacial score (nSPS) is 13.7. The van der Waals surface area contributed by atoms with E-state index in [1.54, 1.807) is 11.3 Å². The van der Waals surface area contributed by atoms with E-state index in [0.717, 1.165) is 10.4 Å². The predicted octanol–water partition coefficient (Wildman–Crippen LogP) is 3.76. The molecule has 2 rings (SSSR count). The molecule has 21 heavy (non-hydrogen) atoms. The van der Waals surface area contributed by atoms with E-state index in [4.69, 9.17) is 11.6 Å². The molecule has 1 amide bonds. The Bertz CT molecular complexity index is 568. The standard InChI is InChI=1S/C16H19ClN2OS/c1-11(13-5-7-14(17)8-6-13)19-12(2)16(20)18-10-15-4-3-9-21-15/h3-9,11-12,19H,10H2,1-2H3,(H,18,20)/t11-,12+/m1/s1. The van der Waals surface area contributed by atoms with Crippen molar-refractivity contribution in [2.75, 3.05) is 0 Å². The van der Waals surface area contributed by atoms with Crippen molar-refractivity contribution in [3.8, 4) is 0 Å². The summed E-state index contributed by atoms with van der Waals surface area (Å²) in [5.41, 5.74) is 1.11. The van der Waals surface area contributed by atoms with Crippen molar-refractivity contribution in [3.05, 3.63) is 57.2 Å². The van der Waals surface area contributed by atoms with Crippen LogP contribution in [0.4, 0.5) is 0 Å². The van der Waals surface area contributed by atoms with Gasteiger partial charge in [-0.15, -0.1) is 11.3 Å². The molecule has 0 saturated carbocycles. The highest BCUT2D eigenvalue weighted by Gasteiger charge is 2.16. The van der Waals surface area contributed by atoms with Gasteiger partial charge in [0.15, 0.2) is 0 Å². The molecule has 0 aliphatic carbocycles. The van der Waals surface area contributed by atoms with Crippen LogP contribution in [-0.4, -0.2) is 11.9 Å². The summed E-state index contributed by atoms with van der Waals surface area (Å²) in [4.78, 5) is 13.2. The minimum absolute atomic E-state index is 0.00390. The molecule has 112 valence electrons. The summed E-state index contributed by atoms with van der Waals surface area (Å²) in [6.45, 7) is 4.49. The average molecular weight is 323 g/mol. The maximum atomic E-state index is 12.1. The summed E-state index contributed by atoms with van der Waals surface area (Å²) in [5, 5.41) is 8.95. The third-order valence-corrected chi connectivity index (χ3v) is 4.41. The minimum atomic E-state index is -0.254. The van der Waals surface area contributed by atoms with Crippen molar-refractivity contribution < 1.29 is 4.79 Å². The molecule has 0 bridgehead atoms. The molecular formula is C16H19ClN2OS. The summed E-state index contributed by atoms with van der Waals surface area (Å²) in [7, 11) is 0. The van der Waals surface area contributed by atoms with Gasteiger partial charge in [-0.25, -0.2) is 0 Å². The molecule has 0 aliphatic heterocycles. The van der Waals surface area contributed by atoms with Crippen LogP contribution in [0.3, 0.4) is 0 Å². The Morgan fingerprint density at radius 2 is 1.95 bits per heavy atom. The van der Waals surface area contributed by atoms with Crippen molar-refractivity contribution in [1.82, 2.24) is 10.6 Å². The number of hydrogen-bond acceptors (Lipinski definition) is 3. The zero-order valence-corrected chi connectivity index (χ0v) is 13.7. The third-order valence-electron chi connectivity index (χ3n) is 3.28. The third kappa shape index (κ3) is 4.84. The highest BCUT2D eigenvalue weighted by molar-refractivity contribution is 7.09. The van der Waals surface area contributed by atoms with Gasteiger partial charge < -0.3 is 5.32 Å². The van der Waals surface area contributed by atoms with Gasteiger partial charge in [0, 0.05) is 15.9 Å². The number of carbonyl (C=O) groups is 1.